The first-order valence-corrected chi connectivity index (χ1v) is 7.77. The van der Waals surface area contributed by atoms with E-state index in [9.17, 15) is 8.42 Å². The number of thiophene rings is 1. The summed E-state index contributed by atoms with van der Waals surface area (Å²) in [5.41, 5.74) is 0. The predicted octanol–water partition coefficient (Wildman–Crippen LogP) is 1.32. The van der Waals surface area contributed by atoms with Gasteiger partial charge in [-0.3, -0.25) is 0 Å². The topological polar surface area (TPSA) is 72.2 Å². The Hall–Kier alpha value is -0.430. The molecule has 16 heavy (non-hydrogen) atoms. The fraction of sp³-hybridized carbons (Fsp3) is 0.600. The van der Waals surface area contributed by atoms with E-state index in [1.54, 1.807) is 11.3 Å². The molecule has 3 N–H and O–H groups in total. The Bertz CT molecular complexity index is 398. The summed E-state index contributed by atoms with van der Waals surface area (Å²) in [6, 6.07) is 4.25. The quantitative estimate of drug-likeness (QED) is 0.812. The van der Waals surface area contributed by atoms with Crippen molar-refractivity contribution in [3.63, 3.8) is 0 Å². The second-order valence-corrected chi connectivity index (χ2v) is 6.77. The molecule has 0 aliphatic heterocycles. The Balaban J connectivity index is 2.54. The minimum Gasteiger partial charge on any atom is -0.308 e. The summed E-state index contributed by atoms with van der Waals surface area (Å²) in [6.45, 7) is 4.60. The lowest BCUT2D eigenvalue weighted by Crippen LogP contribution is -2.31. The Morgan fingerprint density at radius 1 is 1.50 bits per heavy atom. The van der Waals surface area contributed by atoms with Gasteiger partial charge in [-0.1, -0.05) is 19.9 Å². The molecule has 0 aromatic carbocycles. The number of nitrogens with two attached hydrogens (primary N) is 1. The van der Waals surface area contributed by atoms with Gasteiger partial charge in [-0.15, -0.1) is 11.3 Å². The van der Waals surface area contributed by atoms with Gasteiger partial charge in [0, 0.05) is 17.5 Å². The molecule has 0 radical (unpaired) electrons. The zero-order valence-electron chi connectivity index (χ0n) is 9.51. The third-order valence-electron chi connectivity index (χ3n) is 2.27. The average Bonchev–Trinajstić information content (AvgIpc) is 2.62. The van der Waals surface area contributed by atoms with E-state index < -0.39 is 10.0 Å². The summed E-state index contributed by atoms with van der Waals surface area (Å²) in [6.07, 6.45) is 0. The van der Waals surface area contributed by atoms with Crippen LogP contribution in [0.2, 0.25) is 0 Å². The van der Waals surface area contributed by atoms with Crippen molar-refractivity contribution >= 4 is 21.4 Å². The first-order chi connectivity index (χ1) is 7.40. The minimum absolute atomic E-state index is 0.0262. The van der Waals surface area contributed by atoms with Gasteiger partial charge in [-0.05, 0) is 17.4 Å². The van der Waals surface area contributed by atoms with E-state index in [1.807, 2.05) is 11.4 Å². The van der Waals surface area contributed by atoms with Crippen LogP contribution in [0.25, 0.3) is 0 Å². The lowest BCUT2D eigenvalue weighted by atomic mass is 10.0. The van der Waals surface area contributed by atoms with Gasteiger partial charge in [-0.25, -0.2) is 13.6 Å². The number of sulfonamides is 1. The largest absolute Gasteiger partial charge is 0.308 e. The Labute approximate surface area is 101 Å². The molecular weight excluding hydrogens is 244 g/mol. The van der Waals surface area contributed by atoms with Gasteiger partial charge >= 0.3 is 0 Å². The summed E-state index contributed by atoms with van der Waals surface area (Å²) in [5.74, 6) is 0.390. The van der Waals surface area contributed by atoms with Crippen molar-refractivity contribution in [2.45, 2.75) is 19.9 Å². The summed E-state index contributed by atoms with van der Waals surface area (Å²) >= 11 is 1.67. The third kappa shape index (κ3) is 4.61. The van der Waals surface area contributed by atoms with Crippen molar-refractivity contribution in [2.24, 2.45) is 11.1 Å². The summed E-state index contributed by atoms with van der Waals surface area (Å²) in [7, 11) is -3.37. The average molecular weight is 262 g/mol. The van der Waals surface area contributed by atoms with E-state index in [0.29, 0.717) is 12.5 Å². The molecule has 0 bridgehead atoms. The van der Waals surface area contributed by atoms with Gasteiger partial charge in [0.25, 0.3) is 0 Å². The van der Waals surface area contributed by atoms with Crippen LogP contribution in [0.3, 0.4) is 0 Å². The molecule has 0 fully saturated rings. The lowest BCUT2D eigenvalue weighted by Gasteiger charge is -2.20. The molecule has 1 aromatic heterocycles. The Morgan fingerprint density at radius 2 is 2.19 bits per heavy atom. The van der Waals surface area contributed by atoms with Crippen LogP contribution in [0, 0.1) is 5.92 Å². The number of nitrogens with one attached hydrogen (secondary N) is 1. The summed E-state index contributed by atoms with van der Waals surface area (Å²) in [5, 5.41) is 10.2. The van der Waals surface area contributed by atoms with Crippen molar-refractivity contribution in [1.82, 2.24) is 5.32 Å². The number of hydrogen-bond acceptors (Lipinski definition) is 4. The fourth-order valence-electron chi connectivity index (χ4n) is 1.49. The standard InChI is InChI=1S/C10H18N2O2S2/c1-8(2)10(9-4-3-6-15-9)12-5-7-16(11,13)14/h3-4,6,8,10,12H,5,7H2,1-2H3,(H2,11,13,14). The molecule has 0 saturated carbocycles. The smallest absolute Gasteiger partial charge is 0.210 e. The normalized spacial score (nSPS) is 14.2. The zero-order valence-corrected chi connectivity index (χ0v) is 11.1. The molecular formula is C10H18N2O2S2. The van der Waals surface area contributed by atoms with E-state index in [0.717, 1.165) is 0 Å². The van der Waals surface area contributed by atoms with Crippen LogP contribution in [-0.4, -0.2) is 20.7 Å². The molecule has 0 aliphatic rings. The van der Waals surface area contributed by atoms with Crippen molar-refractivity contribution in [2.75, 3.05) is 12.3 Å². The van der Waals surface area contributed by atoms with Gasteiger partial charge in [0.15, 0.2) is 0 Å². The van der Waals surface area contributed by atoms with Crippen molar-refractivity contribution in [3.05, 3.63) is 22.4 Å². The monoisotopic (exact) mass is 262 g/mol. The van der Waals surface area contributed by atoms with E-state index in [4.69, 9.17) is 5.14 Å². The molecule has 1 heterocycles. The van der Waals surface area contributed by atoms with Gasteiger partial charge in [0.2, 0.25) is 10.0 Å². The van der Waals surface area contributed by atoms with Crippen molar-refractivity contribution < 1.29 is 8.42 Å². The first kappa shape index (κ1) is 13.6. The van der Waals surface area contributed by atoms with E-state index >= 15 is 0 Å². The van der Waals surface area contributed by atoms with E-state index in [2.05, 4.69) is 25.2 Å². The van der Waals surface area contributed by atoms with Crippen LogP contribution in [-0.2, 0) is 10.0 Å². The van der Waals surface area contributed by atoms with E-state index in [1.165, 1.54) is 4.88 Å². The van der Waals surface area contributed by atoms with Crippen molar-refractivity contribution in [3.8, 4) is 0 Å². The number of rotatable bonds is 6. The van der Waals surface area contributed by atoms with Gasteiger partial charge in [0.05, 0.1) is 5.75 Å². The first-order valence-electron chi connectivity index (χ1n) is 5.17. The van der Waals surface area contributed by atoms with Crippen LogP contribution in [0.1, 0.15) is 24.8 Å². The molecule has 0 spiro atoms. The Morgan fingerprint density at radius 3 is 2.62 bits per heavy atom. The summed E-state index contributed by atoms with van der Waals surface area (Å²) < 4.78 is 21.6. The molecule has 1 aromatic rings. The van der Waals surface area contributed by atoms with Crippen molar-refractivity contribution in [1.29, 1.82) is 0 Å². The molecule has 1 unspecified atom stereocenters. The maximum Gasteiger partial charge on any atom is 0.210 e. The highest BCUT2D eigenvalue weighted by Gasteiger charge is 2.16. The maximum absolute atomic E-state index is 10.8. The molecule has 1 rings (SSSR count). The highest BCUT2D eigenvalue weighted by molar-refractivity contribution is 7.89. The molecule has 1 atom stereocenters. The molecule has 0 aliphatic carbocycles. The number of hydrogen-bond donors (Lipinski definition) is 2. The minimum atomic E-state index is -3.37. The Kier molecular flexibility index (Phi) is 4.91. The van der Waals surface area contributed by atoms with Crippen LogP contribution in [0.15, 0.2) is 17.5 Å². The van der Waals surface area contributed by atoms with Crippen LogP contribution in [0.5, 0.6) is 0 Å². The van der Waals surface area contributed by atoms with Crippen LogP contribution in [0.4, 0.5) is 0 Å². The van der Waals surface area contributed by atoms with Gasteiger partial charge < -0.3 is 5.32 Å². The highest BCUT2D eigenvalue weighted by atomic mass is 32.2. The zero-order chi connectivity index (χ0) is 12.2. The highest BCUT2D eigenvalue weighted by Crippen LogP contribution is 2.25. The molecule has 0 amide bonds. The predicted molar refractivity (Wildman–Crippen MR) is 67.9 cm³/mol. The lowest BCUT2D eigenvalue weighted by molar-refractivity contribution is 0.427. The fourth-order valence-corrected chi connectivity index (χ4v) is 2.87. The third-order valence-corrected chi connectivity index (χ3v) is 4.00. The molecule has 92 valence electrons. The second kappa shape index (κ2) is 5.77. The molecule has 4 nitrogen and oxygen atoms in total. The van der Waals surface area contributed by atoms with Gasteiger partial charge in [0.1, 0.15) is 0 Å². The molecule has 6 heteroatoms. The SMILES string of the molecule is CC(C)C(NCCS(N)(=O)=O)c1cccs1. The van der Waals surface area contributed by atoms with Crippen LogP contribution >= 0.6 is 11.3 Å². The number of primary sulfonamides is 1. The second-order valence-electron chi connectivity index (χ2n) is 4.06. The summed E-state index contributed by atoms with van der Waals surface area (Å²) in [4.78, 5) is 1.23. The van der Waals surface area contributed by atoms with Crippen LogP contribution < -0.4 is 10.5 Å². The maximum atomic E-state index is 10.8. The van der Waals surface area contributed by atoms with E-state index in [-0.39, 0.29) is 11.8 Å². The molecule has 0 saturated heterocycles. The van der Waals surface area contributed by atoms with Gasteiger partial charge in [-0.2, -0.15) is 0 Å².